The zero-order valence-corrected chi connectivity index (χ0v) is 15.2. The van der Waals surface area contributed by atoms with Crippen LogP contribution >= 0.6 is 0 Å². The SMILES string of the molecule is O=C1CC(C(=O)N2CCc3[nH]nc(-c4ccco4)c3C2)C2(CCCCC2)O1. The molecule has 1 saturated carbocycles. The number of fused-ring (bicyclic) bond motifs is 1. The molecule has 142 valence electrons. The minimum Gasteiger partial charge on any atom is -0.463 e. The van der Waals surface area contributed by atoms with E-state index < -0.39 is 5.60 Å². The summed E-state index contributed by atoms with van der Waals surface area (Å²) < 4.78 is 11.2. The van der Waals surface area contributed by atoms with E-state index in [-0.39, 0.29) is 24.2 Å². The Labute approximate surface area is 157 Å². The maximum atomic E-state index is 13.4. The van der Waals surface area contributed by atoms with Crippen LogP contribution in [0.2, 0.25) is 0 Å². The second kappa shape index (κ2) is 6.25. The summed E-state index contributed by atoms with van der Waals surface area (Å²) in [6.07, 6.45) is 7.35. The summed E-state index contributed by atoms with van der Waals surface area (Å²) in [7, 11) is 0. The minimum atomic E-state index is -0.576. The molecule has 1 unspecified atom stereocenters. The van der Waals surface area contributed by atoms with Gasteiger partial charge in [-0.2, -0.15) is 5.10 Å². The number of nitrogens with zero attached hydrogens (tertiary/aromatic N) is 2. The molecule has 3 aliphatic rings. The highest BCUT2D eigenvalue weighted by atomic mass is 16.6. The molecule has 7 heteroatoms. The fraction of sp³-hybridized carbons (Fsp3) is 0.550. The zero-order chi connectivity index (χ0) is 18.4. The molecule has 7 nitrogen and oxygen atoms in total. The van der Waals surface area contributed by atoms with Crippen molar-refractivity contribution in [2.75, 3.05) is 6.54 Å². The number of aromatic amines is 1. The highest BCUT2D eigenvalue weighted by molar-refractivity contribution is 5.88. The van der Waals surface area contributed by atoms with Crippen LogP contribution in [0.25, 0.3) is 11.5 Å². The van der Waals surface area contributed by atoms with Gasteiger partial charge in [0.2, 0.25) is 5.91 Å². The standard InChI is InChI=1S/C20H23N3O4/c24-17-11-14(20(27-17)7-2-1-3-8-20)19(25)23-9-6-15-13(12-23)18(22-21-15)16-5-4-10-26-16/h4-5,10,14H,1-3,6-9,11-12H2,(H,21,22). The van der Waals surface area contributed by atoms with Gasteiger partial charge in [-0.25, -0.2) is 0 Å². The Bertz CT molecular complexity index is 864. The first kappa shape index (κ1) is 16.6. The maximum Gasteiger partial charge on any atom is 0.307 e. The van der Waals surface area contributed by atoms with Crippen LogP contribution in [0.5, 0.6) is 0 Å². The van der Waals surface area contributed by atoms with Crippen LogP contribution in [0.15, 0.2) is 22.8 Å². The number of carbonyl (C=O) groups excluding carboxylic acids is 2. The monoisotopic (exact) mass is 369 g/mol. The zero-order valence-electron chi connectivity index (χ0n) is 15.2. The van der Waals surface area contributed by atoms with E-state index >= 15 is 0 Å². The van der Waals surface area contributed by atoms with E-state index in [4.69, 9.17) is 9.15 Å². The molecule has 1 atom stereocenters. The second-order valence-electron chi connectivity index (χ2n) is 7.87. The molecule has 2 aromatic heterocycles. The highest BCUT2D eigenvalue weighted by Gasteiger charge is 2.54. The molecule has 2 fully saturated rings. The van der Waals surface area contributed by atoms with E-state index in [2.05, 4.69) is 10.2 Å². The Morgan fingerprint density at radius 1 is 1.30 bits per heavy atom. The number of amides is 1. The van der Waals surface area contributed by atoms with Crippen molar-refractivity contribution in [2.24, 2.45) is 5.92 Å². The Hall–Kier alpha value is -2.57. The van der Waals surface area contributed by atoms with Gasteiger partial charge in [0.1, 0.15) is 11.3 Å². The number of aromatic nitrogens is 2. The number of hydrogen-bond acceptors (Lipinski definition) is 5. The largest absolute Gasteiger partial charge is 0.463 e. The van der Waals surface area contributed by atoms with Gasteiger partial charge in [0, 0.05) is 30.8 Å². The van der Waals surface area contributed by atoms with Crippen molar-refractivity contribution in [3.8, 4) is 11.5 Å². The van der Waals surface area contributed by atoms with Gasteiger partial charge in [-0.3, -0.25) is 14.7 Å². The van der Waals surface area contributed by atoms with Crippen LogP contribution < -0.4 is 0 Å². The quantitative estimate of drug-likeness (QED) is 0.823. The van der Waals surface area contributed by atoms with Gasteiger partial charge >= 0.3 is 5.97 Å². The number of nitrogens with one attached hydrogen (secondary N) is 1. The number of H-pyrrole nitrogens is 1. The topological polar surface area (TPSA) is 88.4 Å². The van der Waals surface area contributed by atoms with Crippen molar-refractivity contribution < 1.29 is 18.7 Å². The molecule has 2 aromatic rings. The van der Waals surface area contributed by atoms with Crippen LogP contribution in [0, 0.1) is 5.92 Å². The third-order valence-electron chi connectivity index (χ3n) is 6.32. The number of rotatable bonds is 2. The molecule has 0 bridgehead atoms. The molecule has 27 heavy (non-hydrogen) atoms. The van der Waals surface area contributed by atoms with Gasteiger partial charge in [0.05, 0.1) is 18.6 Å². The number of furan rings is 1. The molecule has 1 aliphatic carbocycles. The Morgan fingerprint density at radius 2 is 2.15 bits per heavy atom. The fourth-order valence-electron chi connectivity index (χ4n) is 4.93. The number of carbonyl (C=O) groups is 2. The van der Waals surface area contributed by atoms with E-state index in [1.165, 1.54) is 0 Å². The summed E-state index contributed by atoms with van der Waals surface area (Å²) >= 11 is 0. The molecule has 2 aliphatic heterocycles. The molecule has 5 rings (SSSR count). The lowest BCUT2D eigenvalue weighted by Gasteiger charge is -2.38. The van der Waals surface area contributed by atoms with Crippen molar-refractivity contribution >= 4 is 11.9 Å². The molecule has 0 aromatic carbocycles. The smallest absolute Gasteiger partial charge is 0.307 e. The predicted molar refractivity (Wildman–Crippen MR) is 95.4 cm³/mol. The lowest BCUT2D eigenvalue weighted by atomic mass is 9.75. The summed E-state index contributed by atoms with van der Waals surface area (Å²) in [6.45, 7) is 1.12. The minimum absolute atomic E-state index is 0.0417. The maximum absolute atomic E-state index is 13.4. The Balaban J connectivity index is 1.41. The van der Waals surface area contributed by atoms with Crippen molar-refractivity contribution in [1.82, 2.24) is 15.1 Å². The van der Waals surface area contributed by atoms with Crippen LogP contribution in [-0.4, -0.2) is 39.1 Å². The van der Waals surface area contributed by atoms with Gasteiger partial charge in [-0.05, 0) is 37.8 Å². The molecule has 1 saturated heterocycles. The van der Waals surface area contributed by atoms with E-state index in [1.807, 2.05) is 17.0 Å². The molecule has 0 radical (unpaired) electrons. The number of hydrogen-bond donors (Lipinski definition) is 1. The van der Waals surface area contributed by atoms with Crippen LogP contribution in [0.3, 0.4) is 0 Å². The van der Waals surface area contributed by atoms with E-state index in [0.717, 1.165) is 55.5 Å². The molecule has 1 amide bonds. The first-order chi connectivity index (χ1) is 13.2. The van der Waals surface area contributed by atoms with Crippen molar-refractivity contribution in [3.63, 3.8) is 0 Å². The third kappa shape index (κ3) is 2.67. The van der Waals surface area contributed by atoms with Crippen molar-refractivity contribution in [2.45, 2.75) is 57.1 Å². The number of esters is 1. The van der Waals surface area contributed by atoms with Gasteiger partial charge in [0.25, 0.3) is 0 Å². The van der Waals surface area contributed by atoms with Crippen LogP contribution in [0.4, 0.5) is 0 Å². The summed E-state index contributed by atoms with van der Waals surface area (Å²) in [5.74, 6) is 0.156. The summed E-state index contributed by atoms with van der Waals surface area (Å²) in [6, 6.07) is 3.70. The third-order valence-corrected chi connectivity index (χ3v) is 6.32. The highest BCUT2D eigenvalue weighted by Crippen LogP contribution is 2.45. The predicted octanol–water partition coefficient (Wildman–Crippen LogP) is 2.82. The van der Waals surface area contributed by atoms with Gasteiger partial charge < -0.3 is 14.1 Å². The first-order valence-electron chi connectivity index (χ1n) is 9.77. The normalized spacial score (nSPS) is 24.1. The first-order valence-corrected chi connectivity index (χ1v) is 9.77. The van der Waals surface area contributed by atoms with E-state index in [1.54, 1.807) is 6.26 Å². The van der Waals surface area contributed by atoms with Gasteiger partial charge in [0.15, 0.2) is 5.76 Å². The summed E-state index contributed by atoms with van der Waals surface area (Å²) in [4.78, 5) is 27.3. The molecular formula is C20H23N3O4. The van der Waals surface area contributed by atoms with Crippen molar-refractivity contribution in [3.05, 3.63) is 29.7 Å². The Kier molecular flexibility index (Phi) is 3.84. The van der Waals surface area contributed by atoms with E-state index in [9.17, 15) is 9.59 Å². The molecule has 1 spiro atoms. The molecular weight excluding hydrogens is 346 g/mol. The summed E-state index contributed by atoms with van der Waals surface area (Å²) in [5, 5.41) is 7.47. The lowest BCUT2D eigenvalue weighted by Crippen LogP contribution is -2.48. The lowest BCUT2D eigenvalue weighted by molar-refractivity contribution is -0.156. The summed E-state index contributed by atoms with van der Waals surface area (Å²) in [5.41, 5.74) is 2.25. The van der Waals surface area contributed by atoms with Gasteiger partial charge in [-0.15, -0.1) is 0 Å². The average Bonchev–Trinajstić information content (AvgIpc) is 3.40. The van der Waals surface area contributed by atoms with E-state index in [0.29, 0.717) is 18.8 Å². The molecule has 1 N–H and O–H groups in total. The average molecular weight is 369 g/mol. The second-order valence-corrected chi connectivity index (χ2v) is 7.87. The van der Waals surface area contributed by atoms with Crippen molar-refractivity contribution in [1.29, 1.82) is 0 Å². The van der Waals surface area contributed by atoms with Crippen LogP contribution in [-0.2, 0) is 27.3 Å². The van der Waals surface area contributed by atoms with Crippen LogP contribution in [0.1, 0.15) is 49.8 Å². The number of ether oxygens (including phenoxy) is 1. The van der Waals surface area contributed by atoms with Gasteiger partial charge in [-0.1, -0.05) is 6.42 Å². The Morgan fingerprint density at radius 3 is 2.93 bits per heavy atom. The fourth-order valence-corrected chi connectivity index (χ4v) is 4.93. The molecule has 4 heterocycles.